The minimum atomic E-state index is 0.0530. The maximum absolute atomic E-state index is 12.8. The number of likely N-dealkylation sites (tertiary alicyclic amines) is 1. The van der Waals surface area contributed by atoms with E-state index in [1.165, 1.54) is 48.4 Å². The first-order valence-corrected chi connectivity index (χ1v) is 11.7. The van der Waals surface area contributed by atoms with E-state index in [2.05, 4.69) is 46.6 Å². The van der Waals surface area contributed by atoms with Crippen LogP contribution in [0.4, 0.5) is 0 Å². The van der Waals surface area contributed by atoms with Crippen LogP contribution < -0.4 is 5.32 Å². The molecule has 30 heavy (non-hydrogen) atoms. The number of fused-ring (bicyclic) bond motifs is 2. The summed E-state index contributed by atoms with van der Waals surface area (Å²) in [5.74, 6) is 1.03. The van der Waals surface area contributed by atoms with E-state index in [0.29, 0.717) is 37.8 Å². The van der Waals surface area contributed by atoms with E-state index in [9.17, 15) is 9.59 Å². The van der Waals surface area contributed by atoms with Gasteiger partial charge in [-0.05, 0) is 60.8 Å². The lowest BCUT2D eigenvalue weighted by Crippen LogP contribution is -2.49. The fraction of sp³-hybridized carbons (Fsp3) is 0.538. The van der Waals surface area contributed by atoms with Gasteiger partial charge in [0.25, 0.3) is 0 Å². The quantitative estimate of drug-likeness (QED) is 0.714. The van der Waals surface area contributed by atoms with Crippen molar-refractivity contribution in [3.8, 4) is 0 Å². The average molecular weight is 407 g/mol. The highest BCUT2D eigenvalue weighted by atomic mass is 16.2. The van der Waals surface area contributed by atoms with Crippen LogP contribution in [-0.2, 0) is 16.0 Å². The number of rotatable bonds is 7. The van der Waals surface area contributed by atoms with Crippen molar-refractivity contribution in [1.82, 2.24) is 10.2 Å². The number of hydrogen-bond donors (Lipinski definition) is 1. The molecule has 1 N–H and O–H groups in total. The Morgan fingerprint density at radius 1 is 0.933 bits per heavy atom. The van der Waals surface area contributed by atoms with Gasteiger partial charge in [-0.1, -0.05) is 55.3 Å². The molecular weight excluding hydrogens is 372 g/mol. The molecule has 160 valence electrons. The molecule has 4 heteroatoms. The lowest BCUT2D eigenvalue weighted by molar-refractivity contribution is -0.137. The van der Waals surface area contributed by atoms with E-state index in [1.807, 2.05) is 6.07 Å². The van der Waals surface area contributed by atoms with Gasteiger partial charge in [-0.2, -0.15) is 0 Å². The number of nitrogens with one attached hydrogen (secondary N) is 1. The van der Waals surface area contributed by atoms with Crippen LogP contribution in [0.1, 0.15) is 63.4 Å². The number of amides is 2. The van der Waals surface area contributed by atoms with Gasteiger partial charge in [-0.3, -0.25) is 9.59 Å². The number of benzene rings is 2. The highest BCUT2D eigenvalue weighted by molar-refractivity contribution is 5.85. The predicted octanol–water partition coefficient (Wildman–Crippen LogP) is 4.85. The van der Waals surface area contributed by atoms with Crippen LogP contribution in [0.25, 0.3) is 10.8 Å². The van der Waals surface area contributed by atoms with E-state index in [4.69, 9.17) is 0 Å². The van der Waals surface area contributed by atoms with Crippen LogP contribution in [-0.4, -0.2) is 35.8 Å². The Hall–Kier alpha value is -2.36. The van der Waals surface area contributed by atoms with Gasteiger partial charge in [0.15, 0.2) is 0 Å². The average Bonchev–Trinajstić information content (AvgIpc) is 2.79. The van der Waals surface area contributed by atoms with Gasteiger partial charge < -0.3 is 10.2 Å². The summed E-state index contributed by atoms with van der Waals surface area (Å²) in [5, 5.41) is 5.52. The first-order chi connectivity index (χ1) is 14.7. The Labute approximate surface area is 180 Å². The molecular formula is C26H34N2O2. The summed E-state index contributed by atoms with van der Waals surface area (Å²) in [5.41, 5.74) is 1.26. The summed E-state index contributed by atoms with van der Waals surface area (Å²) >= 11 is 0. The third kappa shape index (κ3) is 5.03. The van der Waals surface area contributed by atoms with Crippen LogP contribution in [0.5, 0.6) is 0 Å². The Bertz CT molecular complexity index is 871. The summed E-state index contributed by atoms with van der Waals surface area (Å²) in [4.78, 5) is 27.1. The molecule has 2 aromatic rings. The highest BCUT2D eigenvalue weighted by Gasteiger charge is 2.35. The summed E-state index contributed by atoms with van der Waals surface area (Å²) in [6.07, 6.45) is 9.86. The Kier molecular flexibility index (Phi) is 7.03. The third-order valence-electron chi connectivity index (χ3n) is 6.95. The predicted molar refractivity (Wildman–Crippen MR) is 121 cm³/mol. The monoisotopic (exact) mass is 406 g/mol. The molecule has 2 aliphatic rings. The van der Waals surface area contributed by atoms with E-state index in [1.54, 1.807) is 0 Å². The third-order valence-corrected chi connectivity index (χ3v) is 6.95. The molecule has 0 aromatic heterocycles. The highest BCUT2D eigenvalue weighted by Crippen LogP contribution is 2.35. The molecule has 1 aliphatic carbocycles. The van der Waals surface area contributed by atoms with Crippen molar-refractivity contribution in [2.75, 3.05) is 13.1 Å². The summed E-state index contributed by atoms with van der Waals surface area (Å²) < 4.78 is 0. The normalized spacial score (nSPS) is 21.3. The van der Waals surface area contributed by atoms with Gasteiger partial charge >= 0.3 is 0 Å². The van der Waals surface area contributed by atoms with Crippen LogP contribution in [0.15, 0.2) is 42.5 Å². The standard InChI is InChI=1S/C26H34N2O2/c29-25(27-18-17-21-11-5-10-20-8-1-3-13-23(20)21)15-6-16-26(30)28-19-7-12-22-9-2-4-14-24(22)28/h1,3,5,8,10-11,13,22,24H,2,4,6-7,9,12,14-19H2,(H,27,29). The number of nitrogens with zero attached hydrogens (tertiary/aromatic N) is 1. The maximum Gasteiger partial charge on any atom is 0.222 e. The molecule has 1 saturated carbocycles. The summed E-state index contributed by atoms with van der Waals surface area (Å²) in [6.45, 7) is 1.55. The lowest BCUT2D eigenvalue weighted by atomic mass is 9.78. The molecule has 1 saturated heterocycles. The molecule has 1 heterocycles. The minimum Gasteiger partial charge on any atom is -0.356 e. The van der Waals surface area contributed by atoms with Crippen molar-refractivity contribution in [2.24, 2.45) is 5.92 Å². The SMILES string of the molecule is O=C(CCCC(=O)N1CCCC2CCCCC21)NCCc1cccc2ccccc12. The van der Waals surface area contributed by atoms with E-state index in [0.717, 1.165) is 19.4 Å². The second kappa shape index (κ2) is 10.1. The fourth-order valence-electron chi connectivity index (χ4n) is 5.41. The molecule has 2 atom stereocenters. The van der Waals surface area contributed by atoms with Gasteiger partial charge in [-0.15, -0.1) is 0 Å². The second-order valence-electron chi connectivity index (χ2n) is 8.93. The second-order valence-corrected chi connectivity index (χ2v) is 8.93. The van der Waals surface area contributed by atoms with Crippen molar-refractivity contribution in [3.63, 3.8) is 0 Å². The zero-order valence-corrected chi connectivity index (χ0v) is 17.9. The molecule has 4 nitrogen and oxygen atoms in total. The number of carbonyl (C=O) groups excluding carboxylic acids is 2. The van der Waals surface area contributed by atoms with Crippen LogP contribution in [0.2, 0.25) is 0 Å². The Balaban J connectivity index is 1.18. The van der Waals surface area contributed by atoms with Crippen molar-refractivity contribution < 1.29 is 9.59 Å². The Morgan fingerprint density at radius 2 is 1.73 bits per heavy atom. The van der Waals surface area contributed by atoms with Crippen LogP contribution in [0.3, 0.4) is 0 Å². The molecule has 0 bridgehead atoms. The van der Waals surface area contributed by atoms with Crippen molar-refractivity contribution in [2.45, 2.75) is 70.3 Å². The van der Waals surface area contributed by atoms with Crippen LogP contribution in [0, 0.1) is 5.92 Å². The topological polar surface area (TPSA) is 49.4 Å². The minimum absolute atomic E-state index is 0.0530. The molecule has 0 spiro atoms. The molecule has 2 aromatic carbocycles. The fourth-order valence-corrected chi connectivity index (χ4v) is 5.41. The van der Waals surface area contributed by atoms with E-state index < -0.39 is 0 Å². The molecule has 2 unspecified atom stereocenters. The molecule has 1 aliphatic heterocycles. The van der Waals surface area contributed by atoms with Gasteiger partial charge in [0.2, 0.25) is 11.8 Å². The molecule has 2 amide bonds. The molecule has 0 radical (unpaired) electrons. The first kappa shape index (κ1) is 20.9. The number of hydrogen-bond acceptors (Lipinski definition) is 2. The number of carbonyl (C=O) groups is 2. The van der Waals surface area contributed by atoms with E-state index >= 15 is 0 Å². The number of piperidine rings is 1. The smallest absolute Gasteiger partial charge is 0.222 e. The van der Waals surface area contributed by atoms with Gasteiger partial charge in [0, 0.05) is 32.0 Å². The van der Waals surface area contributed by atoms with Crippen molar-refractivity contribution in [3.05, 3.63) is 48.0 Å². The maximum atomic E-state index is 12.8. The molecule has 2 fully saturated rings. The van der Waals surface area contributed by atoms with E-state index in [-0.39, 0.29) is 11.8 Å². The lowest BCUT2D eigenvalue weighted by Gasteiger charge is -2.44. The zero-order chi connectivity index (χ0) is 20.8. The van der Waals surface area contributed by atoms with Crippen LogP contribution >= 0.6 is 0 Å². The van der Waals surface area contributed by atoms with Gasteiger partial charge in [-0.25, -0.2) is 0 Å². The molecule has 4 rings (SSSR count). The van der Waals surface area contributed by atoms with Crippen molar-refractivity contribution in [1.29, 1.82) is 0 Å². The summed E-state index contributed by atoms with van der Waals surface area (Å²) in [6, 6.07) is 15.1. The van der Waals surface area contributed by atoms with Gasteiger partial charge in [0.1, 0.15) is 0 Å². The Morgan fingerprint density at radius 3 is 2.67 bits per heavy atom. The summed E-state index contributed by atoms with van der Waals surface area (Å²) in [7, 11) is 0. The first-order valence-electron chi connectivity index (χ1n) is 11.7. The zero-order valence-electron chi connectivity index (χ0n) is 17.9. The van der Waals surface area contributed by atoms with Gasteiger partial charge in [0.05, 0.1) is 0 Å². The largest absolute Gasteiger partial charge is 0.356 e. The van der Waals surface area contributed by atoms with Crippen molar-refractivity contribution >= 4 is 22.6 Å².